The van der Waals surface area contributed by atoms with E-state index in [1.807, 2.05) is 12.1 Å². The molecule has 1 N–H and O–H groups in total. The molecule has 90 valence electrons. The minimum atomic E-state index is -0.397. The number of benzene rings is 1. The van der Waals surface area contributed by atoms with E-state index in [0.29, 0.717) is 0 Å². The van der Waals surface area contributed by atoms with Crippen LogP contribution in [0.1, 0.15) is 24.2 Å². The molecule has 0 radical (unpaired) electrons. The van der Waals surface area contributed by atoms with Crippen LogP contribution >= 0.6 is 11.3 Å². The zero-order valence-corrected chi connectivity index (χ0v) is 10.9. The first-order valence-electron chi connectivity index (χ1n) is 5.67. The summed E-state index contributed by atoms with van der Waals surface area (Å²) in [5.41, 5.74) is 3.45. The van der Waals surface area contributed by atoms with Crippen LogP contribution in [0.3, 0.4) is 0 Å². The fourth-order valence-corrected chi connectivity index (χ4v) is 2.41. The highest BCUT2D eigenvalue weighted by atomic mass is 32.1. The standard InChI is InChI=1S/C14H17NOS/c1-11(16)13-3-5-14(6-4-13)15(2)9-12-7-8-17-10-12/h3-8,10-11,16H,9H2,1-2H3/t11-/m0/s1. The first kappa shape index (κ1) is 12.1. The fourth-order valence-electron chi connectivity index (χ4n) is 1.76. The molecule has 1 aromatic carbocycles. The van der Waals surface area contributed by atoms with Gasteiger partial charge in [-0.05, 0) is 47.0 Å². The van der Waals surface area contributed by atoms with E-state index in [1.165, 1.54) is 11.3 Å². The summed E-state index contributed by atoms with van der Waals surface area (Å²) in [7, 11) is 2.08. The van der Waals surface area contributed by atoms with Gasteiger partial charge in [0.2, 0.25) is 0 Å². The topological polar surface area (TPSA) is 23.5 Å². The summed E-state index contributed by atoms with van der Waals surface area (Å²) < 4.78 is 0. The fraction of sp³-hybridized carbons (Fsp3) is 0.286. The van der Waals surface area contributed by atoms with Crippen molar-refractivity contribution in [2.24, 2.45) is 0 Å². The van der Waals surface area contributed by atoms with Crippen LogP contribution in [0.15, 0.2) is 41.1 Å². The van der Waals surface area contributed by atoms with Crippen molar-refractivity contribution < 1.29 is 5.11 Å². The van der Waals surface area contributed by atoms with Crippen LogP contribution < -0.4 is 4.90 Å². The van der Waals surface area contributed by atoms with Crippen molar-refractivity contribution in [2.45, 2.75) is 19.6 Å². The average Bonchev–Trinajstić information content (AvgIpc) is 2.82. The number of thiophene rings is 1. The lowest BCUT2D eigenvalue weighted by atomic mass is 10.1. The molecule has 2 nitrogen and oxygen atoms in total. The van der Waals surface area contributed by atoms with E-state index in [1.54, 1.807) is 18.3 Å². The maximum Gasteiger partial charge on any atom is 0.0761 e. The Bertz CT molecular complexity index is 448. The van der Waals surface area contributed by atoms with Crippen molar-refractivity contribution in [2.75, 3.05) is 11.9 Å². The highest BCUT2D eigenvalue weighted by molar-refractivity contribution is 7.07. The predicted octanol–water partition coefficient (Wildman–Crippen LogP) is 3.44. The smallest absolute Gasteiger partial charge is 0.0761 e. The summed E-state index contributed by atoms with van der Waals surface area (Å²) in [4.78, 5) is 2.20. The van der Waals surface area contributed by atoms with Crippen LogP contribution in [-0.2, 0) is 6.54 Å². The molecule has 0 bridgehead atoms. The molecule has 2 aromatic rings. The Kier molecular flexibility index (Phi) is 3.82. The molecule has 2 rings (SSSR count). The molecule has 3 heteroatoms. The van der Waals surface area contributed by atoms with Crippen molar-refractivity contribution in [3.8, 4) is 0 Å². The van der Waals surface area contributed by atoms with Gasteiger partial charge in [0, 0.05) is 19.3 Å². The van der Waals surface area contributed by atoms with E-state index >= 15 is 0 Å². The van der Waals surface area contributed by atoms with E-state index in [4.69, 9.17) is 0 Å². The third-order valence-corrected chi connectivity index (χ3v) is 3.55. The van der Waals surface area contributed by atoms with Crippen molar-refractivity contribution in [3.05, 3.63) is 52.2 Å². The third-order valence-electron chi connectivity index (χ3n) is 2.82. The number of aliphatic hydroxyl groups excluding tert-OH is 1. The molecule has 1 heterocycles. The number of hydrogen-bond acceptors (Lipinski definition) is 3. The van der Waals surface area contributed by atoms with Crippen LogP contribution in [0, 0.1) is 0 Å². The van der Waals surface area contributed by atoms with E-state index in [2.05, 4.69) is 40.9 Å². The second kappa shape index (κ2) is 5.34. The molecule has 0 aliphatic rings. The molecule has 1 aromatic heterocycles. The van der Waals surface area contributed by atoms with Gasteiger partial charge in [0.15, 0.2) is 0 Å². The zero-order chi connectivity index (χ0) is 12.3. The number of nitrogens with zero attached hydrogens (tertiary/aromatic N) is 1. The number of anilines is 1. The van der Waals surface area contributed by atoms with Gasteiger partial charge >= 0.3 is 0 Å². The molecule has 0 aliphatic carbocycles. The molecule has 17 heavy (non-hydrogen) atoms. The van der Waals surface area contributed by atoms with Crippen molar-refractivity contribution in [1.82, 2.24) is 0 Å². The van der Waals surface area contributed by atoms with Crippen molar-refractivity contribution in [3.63, 3.8) is 0 Å². The molecule has 1 atom stereocenters. The lowest BCUT2D eigenvalue weighted by Crippen LogP contribution is -2.15. The molecular weight excluding hydrogens is 230 g/mol. The van der Waals surface area contributed by atoms with Crippen LogP contribution in [0.5, 0.6) is 0 Å². The Morgan fingerprint density at radius 2 is 1.94 bits per heavy atom. The van der Waals surface area contributed by atoms with Gasteiger partial charge in [-0.15, -0.1) is 0 Å². The predicted molar refractivity (Wildman–Crippen MR) is 73.5 cm³/mol. The first-order valence-corrected chi connectivity index (χ1v) is 6.61. The highest BCUT2D eigenvalue weighted by Crippen LogP contribution is 2.20. The quantitative estimate of drug-likeness (QED) is 0.894. The minimum Gasteiger partial charge on any atom is -0.389 e. The SMILES string of the molecule is C[C@H](O)c1ccc(N(C)Cc2ccsc2)cc1. The maximum absolute atomic E-state index is 9.45. The van der Waals surface area contributed by atoms with Crippen LogP contribution in [-0.4, -0.2) is 12.2 Å². The molecule has 0 spiro atoms. The Hall–Kier alpha value is -1.32. The summed E-state index contributed by atoms with van der Waals surface area (Å²) in [5.74, 6) is 0. The Balaban J connectivity index is 2.06. The Labute approximate surface area is 106 Å². The van der Waals surface area contributed by atoms with E-state index in [9.17, 15) is 5.11 Å². The molecular formula is C14H17NOS. The zero-order valence-electron chi connectivity index (χ0n) is 10.1. The molecule has 0 unspecified atom stereocenters. The number of rotatable bonds is 4. The van der Waals surface area contributed by atoms with Crippen LogP contribution in [0.25, 0.3) is 0 Å². The second-order valence-corrected chi connectivity index (χ2v) is 5.04. The Morgan fingerprint density at radius 1 is 1.24 bits per heavy atom. The lowest BCUT2D eigenvalue weighted by molar-refractivity contribution is 0.199. The van der Waals surface area contributed by atoms with Crippen molar-refractivity contribution >= 4 is 17.0 Å². The van der Waals surface area contributed by atoms with Crippen LogP contribution in [0.2, 0.25) is 0 Å². The van der Waals surface area contributed by atoms with Gasteiger partial charge in [0.1, 0.15) is 0 Å². The second-order valence-electron chi connectivity index (χ2n) is 4.26. The number of hydrogen-bond donors (Lipinski definition) is 1. The maximum atomic E-state index is 9.45. The Morgan fingerprint density at radius 3 is 2.47 bits per heavy atom. The molecule has 0 saturated heterocycles. The molecule has 0 saturated carbocycles. The van der Waals surface area contributed by atoms with Gasteiger partial charge in [0.25, 0.3) is 0 Å². The summed E-state index contributed by atoms with van der Waals surface area (Å²) in [5, 5.41) is 13.7. The minimum absolute atomic E-state index is 0.397. The lowest BCUT2D eigenvalue weighted by Gasteiger charge is -2.19. The highest BCUT2D eigenvalue weighted by Gasteiger charge is 2.04. The summed E-state index contributed by atoms with van der Waals surface area (Å²) in [6, 6.07) is 10.2. The van der Waals surface area contributed by atoms with Gasteiger partial charge in [-0.3, -0.25) is 0 Å². The molecule has 0 amide bonds. The average molecular weight is 247 g/mol. The third kappa shape index (κ3) is 3.08. The van der Waals surface area contributed by atoms with Gasteiger partial charge in [0.05, 0.1) is 6.10 Å². The van der Waals surface area contributed by atoms with Gasteiger partial charge < -0.3 is 10.0 Å². The first-order chi connectivity index (χ1) is 8.16. The summed E-state index contributed by atoms with van der Waals surface area (Å²) in [6.07, 6.45) is -0.397. The van der Waals surface area contributed by atoms with Crippen LogP contribution in [0.4, 0.5) is 5.69 Å². The largest absolute Gasteiger partial charge is 0.389 e. The summed E-state index contributed by atoms with van der Waals surface area (Å²) in [6.45, 7) is 2.70. The van der Waals surface area contributed by atoms with E-state index in [0.717, 1.165) is 12.1 Å². The van der Waals surface area contributed by atoms with E-state index < -0.39 is 6.10 Å². The summed E-state index contributed by atoms with van der Waals surface area (Å²) >= 11 is 1.72. The van der Waals surface area contributed by atoms with Crippen molar-refractivity contribution in [1.29, 1.82) is 0 Å². The molecule has 0 fully saturated rings. The van der Waals surface area contributed by atoms with E-state index in [-0.39, 0.29) is 0 Å². The van der Waals surface area contributed by atoms with Gasteiger partial charge in [-0.1, -0.05) is 12.1 Å². The molecule has 0 aliphatic heterocycles. The normalized spacial score (nSPS) is 12.4. The van der Waals surface area contributed by atoms with Gasteiger partial charge in [-0.2, -0.15) is 11.3 Å². The monoisotopic (exact) mass is 247 g/mol. The van der Waals surface area contributed by atoms with Gasteiger partial charge in [-0.25, -0.2) is 0 Å². The number of aliphatic hydroxyl groups is 1.